The van der Waals surface area contributed by atoms with Crippen LogP contribution >= 0.6 is 11.3 Å². The topological polar surface area (TPSA) is 101 Å². The number of carbonyl (C=O) groups is 2. The van der Waals surface area contributed by atoms with E-state index in [9.17, 15) is 18.0 Å². The Morgan fingerprint density at radius 2 is 2.14 bits per heavy atom. The van der Waals surface area contributed by atoms with Gasteiger partial charge in [0.1, 0.15) is 9.77 Å². The van der Waals surface area contributed by atoms with Crippen molar-refractivity contribution in [2.75, 3.05) is 0 Å². The molecular weight excluding hydrogens is 230 g/mol. The number of amides is 1. The molecule has 74 valence electrons. The molecule has 0 aromatic carbocycles. The SMILES string of the molecule is O=C(O)c1csc2c1S(=O)(=O)NC2=O. The molecule has 0 spiro atoms. The Bertz CT molecular complexity index is 541. The fourth-order valence-corrected chi connectivity index (χ4v) is 3.80. The second kappa shape index (κ2) is 2.55. The molecule has 8 heteroatoms. The molecule has 0 saturated carbocycles. The van der Waals surface area contributed by atoms with E-state index in [1.807, 2.05) is 0 Å². The number of fused-ring (bicyclic) bond motifs is 1. The normalized spacial score (nSPS) is 17.6. The number of thiophene rings is 1. The number of rotatable bonds is 1. The van der Waals surface area contributed by atoms with Crippen LogP contribution in [0.25, 0.3) is 0 Å². The second-order valence-corrected chi connectivity index (χ2v) is 5.05. The highest BCUT2D eigenvalue weighted by Crippen LogP contribution is 2.31. The van der Waals surface area contributed by atoms with Crippen molar-refractivity contribution in [2.24, 2.45) is 0 Å². The van der Waals surface area contributed by atoms with Crippen molar-refractivity contribution in [3.8, 4) is 0 Å². The Morgan fingerprint density at radius 1 is 1.50 bits per heavy atom. The first-order chi connectivity index (χ1) is 6.43. The quantitative estimate of drug-likeness (QED) is 0.704. The maximum absolute atomic E-state index is 11.3. The number of hydrogen-bond acceptors (Lipinski definition) is 5. The molecule has 2 heterocycles. The van der Waals surface area contributed by atoms with Gasteiger partial charge in [-0.1, -0.05) is 0 Å². The van der Waals surface area contributed by atoms with Gasteiger partial charge in [0.2, 0.25) is 0 Å². The van der Waals surface area contributed by atoms with Crippen molar-refractivity contribution in [3.05, 3.63) is 15.8 Å². The molecule has 0 saturated heterocycles. The van der Waals surface area contributed by atoms with Gasteiger partial charge >= 0.3 is 5.97 Å². The fourth-order valence-electron chi connectivity index (χ4n) is 1.14. The van der Waals surface area contributed by atoms with E-state index in [1.165, 1.54) is 0 Å². The Labute approximate surface area is 82.2 Å². The molecule has 0 atom stereocenters. The Morgan fingerprint density at radius 3 is 2.71 bits per heavy atom. The minimum absolute atomic E-state index is 0.0672. The summed E-state index contributed by atoms with van der Waals surface area (Å²) in [6.07, 6.45) is 0. The lowest BCUT2D eigenvalue weighted by molar-refractivity contribution is 0.0693. The molecule has 2 rings (SSSR count). The molecule has 1 aromatic rings. The van der Waals surface area contributed by atoms with Crippen LogP contribution in [-0.2, 0) is 10.0 Å². The number of hydrogen-bond donors (Lipinski definition) is 2. The number of carbonyl (C=O) groups excluding carboxylic acids is 1. The van der Waals surface area contributed by atoms with E-state index in [0.717, 1.165) is 16.7 Å². The van der Waals surface area contributed by atoms with Gasteiger partial charge in [-0.15, -0.1) is 11.3 Å². The standard InChI is InChI=1S/C6H3NO5S2/c8-5-3-4(14(11,12)7-5)2(1-13-3)6(9)10/h1H,(H,7,8)(H,9,10). The van der Waals surface area contributed by atoms with Gasteiger partial charge in [0.05, 0.1) is 5.56 Å². The first-order valence-electron chi connectivity index (χ1n) is 3.35. The molecule has 0 fully saturated rings. The zero-order valence-corrected chi connectivity index (χ0v) is 8.11. The molecule has 1 aromatic heterocycles. The molecule has 0 radical (unpaired) electrons. The third-order valence-electron chi connectivity index (χ3n) is 1.68. The molecule has 0 bridgehead atoms. The highest BCUT2D eigenvalue weighted by atomic mass is 32.2. The molecule has 1 amide bonds. The minimum Gasteiger partial charge on any atom is -0.478 e. The monoisotopic (exact) mass is 233 g/mol. The van der Waals surface area contributed by atoms with Gasteiger partial charge in [-0.3, -0.25) is 4.79 Å². The number of carboxylic acids is 1. The number of carboxylic acid groups (broad SMARTS) is 1. The summed E-state index contributed by atoms with van der Waals surface area (Å²) in [4.78, 5) is 21.2. The van der Waals surface area contributed by atoms with Gasteiger partial charge in [0.15, 0.2) is 0 Å². The summed E-state index contributed by atoms with van der Waals surface area (Å²) in [6.45, 7) is 0. The molecule has 1 aliphatic rings. The van der Waals surface area contributed by atoms with E-state index >= 15 is 0 Å². The van der Waals surface area contributed by atoms with Gasteiger partial charge in [-0.2, -0.15) is 0 Å². The van der Waals surface area contributed by atoms with Crippen LogP contribution in [0.3, 0.4) is 0 Å². The Kier molecular flexibility index (Phi) is 1.67. The van der Waals surface area contributed by atoms with Gasteiger partial charge in [0.25, 0.3) is 15.9 Å². The zero-order chi connectivity index (χ0) is 10.5. The summed E-state index contributed by atoms with van der Waals surface area (Å²) in [5.41, 5.74) is -0.358. The van der Waals surface area contributed by atoms with Crippen LogP contribution in [0.2, 0.25) is 0 Å². The minimum atomic E-state index is -3.96. The van der Waals surface area contributed by atoms with Crippen molar-refractivity contribution in [1.82, 2.24) is 4.72 Å². The maximum Gasteiger partial charge on any atom is 0.337 e. The molecule has 2 N–H and O–H groups in total. The van der Waals surface area contributed by atoms with Crippen LogP contribution in [0, 0.1) is 0 Å². The van der Waals surface area contributed by atoms with Crippen molar-refractivity contribution < 1.29 is 23.1 Å². The zero-order valence-electron chi connectivity index (χ0n) is 6.47. The predicted octanol–water partition coefficient (Wildman–Crippen LogP) is -0.122. The average Bonchev–Trinajstić information content (AvgIpc) is 2.53. The summed E-state index contributed by atoms with van der Waals surface area (Å²) in [5, 5.41) is 9.80. The number of sulfonamides is 1. The van der Waals surface area contributed by atoms with Crippen LogP contribution in [0.5, 0.6) is 0 Å². The van der Waals surface area contributed by atoms with Gasteiger partial charge in [-0.25, -0.2) is 17.9 Å². The van der Waals surface area contributed by atoms with E-state index in [4.69, 9.17) is 5.11 Å². The third-order valence-corrected chi connectivity index (χ3v) is 4.20. The van der Waals surface area contributed by atoms with Crippen LogP contribution < -0.4 is 4.72 Å². The van der Waals surface area contributed by atoms with Crippen molar-refractivity contribution in [3.63, 3.8) is 0 Å². The highest BCUT2D eigenvalue weighted by Gasteiger charge is 2.38. The Balaban J connectivity index is 2.81. The van der Waals surface area contributed by atoms with Crippen LogP contribution in [0.4, 0.5) is 0 Å². The summed E-state index contributed by atoms with van der Waals surface area (Å²) in [5.74, 6) is -2.12. The van der Waals surface area contributed by atoms with E-state index in [-0.39, 0.29) is 10.4 Å². The molecule has 0 unspecified atom stereocenters. The second-order valence-electron chi connectivity index (χ2n) is 2.55. The molecular formula is C6H3NO5S2. The van der Waals surface area contributed by atoms with E-state index in [0.29, 0.717) is 0 Å². The lowest BCUT2D eigenvalue weighted by atomic mass is 10.3. The van der Waals surface area contributed by atoms with Crippen LogP contribution in [0.1, 0.15) is 20.0 Å². The van der Waals surface area contributed by atoms with E-state index in [2.05, 4.69) is 0 Å². The van der Waals surface area contributed by atoms with Gasteiger partial charge in [-0.05, 0) is 0 Å². The summed E-state index contributed by atoms with van der Waals surface area (Å²) >= 11 is 0.805. The Hall–Kier alpha value is -1.41. The third kappa shape index (κ3) is 1.04. The predicted molar refractivity (Wildman–Crippen MR) is 45.9 cm³/mol. The smallest absolute Gasteiger partial charge is 0.337 e. The first kappa shape index (κ1) is 9.16. The summed E-state index contributed by atoms with van der Waals surface area (Å²) in [7, 11) is -3.96. The van der Waals surface area contributed by atoms with Gasteiger partial charge < -0.3 is 5.11 Å². The lowest BCUT2D eigenvalue weighted by Gasteiger charge is -1.94. The average molecular weight is 233 g/mol. The van der Waals surface area contributed by atoms with Crippen molar-refractivity contribution in [2.45, 2.75) is 4.90 Å². The fraction of sp³-hybridized carbons (Fsp3) is 0. The molecule has 14 heavy (non-hydrogen) atoms. The molecule has 6 nitrogen and oxygen atoms in total. The van der Waals surface area contributed by atoms with Crippen molar-refractivity contribution in [1.29, 1.82) is 0 Å². The first-order valence-corrected chi connectivity index (χ1v) is 5.71. The summed E-state index contributed by atoms with van der Waals surface area (Å²) in [6, 6.07) is 0. The van der Waals surface area contributed by atoms with E-state index in [1.54, 1.807) is 4.72 Å². The summed E-state index contributed by atoms with van der Waals surface area (Å²) < 4.78 is 24.2. The lowest BCUT2D eigenvalue weighted by Crippen LogP contribution is -2.21. The number of nitrogens with one attached hydrogen (secondary N) is 1. The van der Waals surface area contributed by atoms with Crippen LogP contribution in [0.15, 0.2) is 10.3 Å². The van der Waals surface area contributed by atoms with E-state index < -0.39 is 26.8 Å². The molecule has 0 aliphatic carbocycles. The van der Waals surface area contributed by atoms with Gasteiger partial charge in [0, 0.05) is 5.38 Å². The van der Waals surface area contributed by atoms with Crippen molar-refractivity contribution >= 4 is 33.2 Å². The molecule has 1 aliphatic heterocycles. The maximum atomic E-state index is 11.3. The highest BCUT2D eigenvalue weighted by molar-refractivity contribution is 7.91. The van der Waals surface area contributed by atoms with Crippen LogP contribution in [-0.4, -0.2) is 25.4 Å². The number of aromatic carboxylic acids is 1. The largest absolute Gasteiger partial charge is 0.478 e.